The molecule has 80 valence electrons. The molecule has 0 saturated carbocycles. The number of para-hydroxylation sites is 1. The normalized spacial score (nSPS) is 19.3. The summed E-state index contributed by atoms with van der Waals surface area (Å²) in [7, 11) is 0. The second-order valence-corrected chi connectivity index (χ2v) is 4.57. The first kappa shape index (κ1) is 9.47. The topological polar surface area (TPSA) is 28.7 Å². The van der Waals surface area contributed by atoms with E-state index in [0.29, 0.717) is 12.3 Å². The molecule has 1 aromatic carbocycles. The van der Waals surface area contributed by atoms with Crippen LogP contribution in [0.4, 0.5) is 0 Å². The minimum atomic E-state index is 0.557. The number of hydrogen-bond acceptors (Lipinski definition) is 1. The van der Waals surface area contributed by atoms with E-state index >= 15 is 0 Å². The third-order valence-corrected chi connectivity index (χ3v) is 3.54. The minimum Gasteiger partial charge on any atom is -0.345 e. The molecule has 0 saturated heterocycles. The lowest BCUT2D eigenvalue weighted by molar-refractivity contribution is 0.400. The van der Waals surface area contributed by atoms with Gasteiger partial charge in [-0.3, -0.25) is 0 Å². The van der Waals surface area contributed by atoms with Crippen molar-refractivity contribution >= 4 is 10.9 Å². The van der Waals surface area contributed by atoms with Gasteiger partial charge in [-0.1, -0.05) is 18.2 Å². The average molecular weight is 210 g/mol. The van der Waals surface area contributed by atoms with Crippen LogP contribution in [0.1, 0.15) is 18.5 Å². The molecular formula is C14H14N2. The number of nitrogens with zero attached hydrogens (tertiary/aromatic N) is 2. The van der Waals surface area contributed by atoms with Crippen LogP contribution in [0.3, 0.4) is 0 Å². The Kier molecular flexibility index (Phi) is 2.18. The van der Waals surface area contributed by atoms with Gasteiger partial charge >= 0.3 is 0 Å². The van der Waals surface area contributed by atoms with E-state index in [-0.39, 0.29) is 0 Å². The van der Waals surface area contributed by atoms with Crippen molar-refractivity contribution in [2.75, 3.05) is 0 Å². The van der Waals surface area contributed by atoms with Crippen LogP contribution in [0.2, 0.25) is 0 Å². The van der Waals surface area contributed by atoms with Crippen molar-refractivity contribution in [1.29, 1.82) is 5.26 Å². The number of hydrogen-bond donors (Lipinski definition) is 0. The van der Waals surface area contributed by atoms with Gasteiger partial charge in [-0.25, -0.2) is 0 Å². The third-order valence-electron chi connectivity index (χ3n) is 3.54. The van der Waals surface area contributed by atoms with Crippen LogP contribution >= 0.6 is 0 Å². The molecule has 0 bridgehead atoms. The van der Waals surface area contributed by atoms with Gasteiger partial charge in [0.25, 0.3) is 0 Å². The van der Waals surface area contributed by atoms with E-state index in [9.17, 15) is 0 Å². The molecule has 1 aromatic heterocycles. The lowest BCUT2D eigenvalue weighted by Gasteiger charge is -2.22. The van der Waals surface area contributed by atoms with Crippen LogP contribution < -0.4 is 0 Å². The number of rotatable bonds is 1. The zero-order valence-corrected chi connectivity index (χ0v) is 9.19. The smallest absolute Gasteiger partial charge is 0.0624 e. The van der Waals surface area contributed by atoms with Crippen LogP contribution in [-0.2, 0) is 13.0 Å². The SMILES string of the molecule is N#CCC1CCn2c(cc3ccccc32)C1. The second-order valence-electron chi connectivity index (χ2n) is 4.57. The monoisotopic (exact) mass is 210 g/mol. The zero-order valence-electron chi connectivity index (χ0n) is 9.19. The third kappa shape index (κ3) is 1.40. The van der Waals surface area contributed by atoms with Gasteiger partial charge in [0.1, 0.15) is 0 Å². The van der Waals surface area contributed by atoms with Gasteiger partial charge in [0, 0.05) is 24.2 Å². The molecule has 0 fully saturated rings. The van der Waals surface area contributed by atoms with Gasteiger partial charge in [-0.05, 0) is 36.3 Å². The van der Waals surface area contributed by atoms with Crippen molar-refractivity contribution in [3.63, 3.8) is 0 Å². The van der Waals surface area contributed by atoms with Crippen LogP contribution in [0, 0.1) is 17.2 Å². The van der Waals surface area contributed by atoms with Crippen molar-refractivity contribution in [3.05, 3.63) is 36.0 Å². The van der Waals surface area contributed by atoms with E-state index in [0.717, 1.165) is 19.4 Å². The fraction of sp³-hybridized carbons (Fsp3) is 0.357. The number of aromatic nitrogens is 1. The summed E-state index contributed by atoms with van der Waals surface area (Å²) >= 11 is 0. The van der Waals surface area contributed by atoms with Crippen LogP contribution in [-0.4, -0.2) is 4.57 Å². The fourth-order valence-electron chi connectivity index (χ4n) is 2.71. The van der Waals surface area contributed by atoms with Crippen LogP contribution in [0.25, 0.3) is 10.9 Å². The standard InChI is InChI=1S/C14H14N2/c15-7-5-11-6-8-16-13(9-11)10-12-3-1-2-4-14(12)16/h1-4,10-11H,5-6,8-9H2. The van der Waals surface area contributed by atoms with E-state index in [1.54, 1.807) is 0 Å². The maximum atomic E-state index is 8.75. The summed E-state index contributed by atoms with van der Waals surface area (Å²) in [5.41, 5.74) is 2.74. The summed E-state index contributed by atoms with van der Waals surface area (Å²) in [6, 6.07) is 13.1. The predicted octanol–water partition coefficient (Wildman–Crippen LogP) is 3.12. The summed E-state index contributed by atoms with van der Waals surface area (Å²) in [4.78, 5) is 0. The molecule has 2 aromatic rings. The molecule has 1 atom stereocenters. The van der Waals surface area contributed by atoms with E-state index in [4.69, 9.17) is 5.26 Å². The van der Waals surface area contributed by atoms with Crippen LogP contribution in [0.15, 0.2) is 30.3 Å². The quantitative estimate of drug-likeness (QED) is 0.711. The zero-order chi connectivity index (χ0) is 11.0. The van der Waals surface area contributed by atoms with Gasteiger partial charge in [-0.15, -0.1) is 0 Å². The Morgan fingerprint density at radius 3 is 3.12 bits per heavy atom. The summed E-state index contributed by atoms with van der Waals surface area (Å²) in [5.74, 6) is 0.557. The molecule has 16 heavy (non-hydrogen) atoms. The maximum Gasteiger partial charge on any atom is 0.0624 e. The molecule has 0 N–H and O–H groups in total. The van der Waals surface area contributed by atoms with Crippen LogP contribution in [0.5, 0.6) is 0 Å². The number of nitriles is 1. The van der Waals surface area contributed by atoms with Gasteiger partial charge in [0.05, 0.1) is 6.07 Å². The Balaban J connectivity index is 2.03. The lowest BCUT2D eigenvalue weighted by Crippen LogP contribution is -2.18. The second kappa shape index (κ2) is 3.68. The maximum absolute atomic E-state index is 8.75. The number of aryl methyl sites for hydroxylation is 1. The molecule has 1 aliphatic heterocycles. The predicted molar refractivity (Wildman–Crippen MR) is 64.0 cm³/mol. The Hall–Kier alpha value is -1.75. The molecule has 0 spiro atoms. The highest BCUT2D eigenvalue weighted by Crippen LogP contribution is 2.29. The van der Waals surface area contributed by atoms with Crippen molar-refractivity contribution in [2.45, 2.75) is 25.8 Å². The molecule has 1 unspecified atom stereocenters. The van der Waals surface area contributed by atoms with Gasteiger partial charge in [0.2, 0.25) is 0 Å². The molecule has 0 amide bonds. The van der Waals surface area contributed by atoms with E-state index in [2.05, 4.69) is 41.0 Å². The van der Waals surface area contributed by atoms with E-state index < -0.39 is 0 Å². The summed E-state index contributed by atoms with van der Waals surface area (Å²) < 4.78 is 2.41. The summed E-state index contributed by atoms with van der Waals surface area (Å²) in [5, 5.41) is 10.1. The molecule has 2 heterocycles. The van der Waals surface area contributed by atoms with Gasteiger partial charge < -0.3 is 4.57 Å². The first-order chi connectivity index (χ1) is 7.88. The summed E-state index contributed by atoms with van der Waals surface area (Å²) in [6.07, 6.45) is 2.89. The highest BCUT2D eigenvalue weighted by molar-refractivity contribution is 5.81. The Bertz CT molecular complexity index is 560. The highest BCUT2D eigenvalue weighted by Gasteiger charge is 2.19. The van der Waals surface area contributed by atoms with Crippen molar-refractivity contribution in [2.24, 2.45) is 5.92 Å². The first-order valence-corrected chi connectivity index (χ1v) is 5.82. The largest absolute Gasteiger partial charge is 0.345 e. The van der Waals surface area contributed by atoms with Crippen molar-refractivity contribution < 1.29 is 0 Å². The molecule has 3 rings (SSSR count). The molecular weight excluding hydrogens is 196 g/mol. The molecule has 1 aliphatic rings. The van der Waals surface area contributed by atoms with Gasteiger partial charge in [-0.2, -0.15) is 5.26 Å². The van der Waals surface area contributed by atoms with Gasteiger partial charge in [0.15, 0.2) is 0 Å². The molecule has 0 radical (unpaired) electrons. The number of fused-ring (bicyclic) bond motifs is 3. The van der Waals surface area contributed by atoms with E-state index in [1.807, 2.05) is 0 Å². The van der Waals surface area contributed by atoms with E-state index in [1.165, 1.54) is 16.6 Å². The molecule has 0 aliphatic carbocycles. The summed E-state index contributed by atoms with van der Waals surface area (Å²) in [6.45, 7) is 1.06. The van der Waals surface area contributed by atoms with Crippen molar-refractivity contribution in [1.82, 2.24) is 4.57 Å². The molecule has 2 heteroatoms. The Morgan fingerprint density at radius 2 is 2.25 bits per heavy atom. The number of benzene rings is 1. The minimum absolute atomic E-state index is 0.557. The first-order valence-electron chi connectivity index (χ1n) is 5.82. The average Bonchev–Trinajstić information content (AvgIpc) is 2.67. The Morgan fingerprint density at radius 1 is 1.38 bits per heavy atom. The Labute approximate surface area is 95.1 Å². The molecule has 2 nitrogen and oxygen atoms in total. The highest BCUT2D eigenvalue weighted by atomic mass is 15.0. The lowest BCUT2D eigenvalue weighted by atomic mass is 9.93. The van der Waals surface area contributed by atoms with Crippen molar-refractivity contribution in [3.8, 4) is 6.07 Å². The fourth-order valence-corrected chi connectivity index (χ4v) is 2.71.